The van der Waals surface area contributed by atoms with Crippen molar-refractivity contribution in [2.24, 2.45) is 0 Å². The third kappa shape index (κ3) is 6.98. The molecule has 0 N–H and O–H groups in total. The van der Waals surface area contributed by atoms with Crippen molar-refractivity contribution in [3.63, 3.8) is 0 Å². The lowest BCUT2D eigenvalue weighted by molar-refractivity contribution is 0.590. The van der Waals surface area contributed by atoms with Crippen LogP contribution in [-0.4, -0.2) is 26.4 Å². The number of unbranched alkanes of at least 4 members (excludes halogenated alkanes) is 1. The Labute approximate surface area is 323 Å². The molecule has 4 nitrogen and oxygen atoms in total. The first kappa shape index (κ1) is 35.5. The second kappa shape index (κ2) is 14.4. The molecule has 0 atom stereocenters. The first-order valence-electron chi connectivity index (χ1n) is 19.7. The van der Waals surface area contributed by atoms with Gasteiger partial charge in [0, 0.05) is 35.6 Å². The smallest absolute Gasteiger partial charge is 0.0953 e. The van der Waals surface area contributed by atoms with Crippen LogP contribution in [0, 0.1) is 0 Å². The molecule has 0 saturated heterocycles. The quantitative estimate of drug-likeness (QED) is 0.139. The molecule has 0 fully saturated rings. The van der Waals surface area contributed by atoms with E-state index < -0.39 is 0 Å². The van der Waals surface area contributed by atoms with Gasteiger partial charge in [-0.15, -0.1) is 0 Å². The van der Waals surface area contributed by atoms with Crippen molar-refractivity contribution in [3.8, 4) is 22.3 Å². The number of nitrogens with zero attached hydrogens (tertiary/aromatic N) is 4. The van der Waals surface area contributed by atoms with E-state index in [1.165, 1.54) is 67.5 Å². The minimum absolute atomic E-state index is 0.121. The van der Waals surface area contributed by atoms with Crippen LogP contribution in [0.1, 0.15) is 65.5 Å². The van der Waals surface area contributed by atoms with Crippen molar-refractivity contribution in [3.05, 3.63) is 157 Å². The molecule has 2 heterocycles. The van der Waals surface area contributed by atoms with Crippen LogP contribution >= 0.6 is 0 Å². The summed E-state index contributed by atoms with van der Waals surface area (Å²) in [7, 11) is 0. The van der Waals surface area contributed by atoms with Gasteiger partial charge in [-0.1, -0.05) is 151 Å². The first-order chi connectivity index (χ1) is 26.1. The third-order valence-electron chi connectivity index (χ3n) is 11.2. The third-order valence-corrected chi connectivity index (χ3v) is 11.2. The maximum atomic E-state index is 2.59. The average molecular weight is 711 g/mol. The van der Waals surface area contributed by atoms with Crippen LogP contribution in [0.15, 0.2) is 146 Å². The lowest BCUT2D eigenvalue weighted by Gasteiger charge is -2.25. The number of anilines is 6. The van der Waals surface area contributed by atoms with Crippen molar-refractivity contribution in [1.82, 2.24) is 0 Å². The van der Waals surface area contributed by atoms with Gasteiger partial charge < -0.3 is 19.6 Å². The van der Waals surface area contributed by atoms with Crippen LogP contribution in [0.3, 0.4) is 0 Å². The Kier molecular flexibility index (Phi) is 9.48. The molecule has 4 heteroatoms. The van der Waals surface area contributed by atoms with Gasteiger partial charge >= 0.3 is 0 Å². The van der Waals surface area contributed by atoms with E-state index in [2.05, 4.69) is 207 Å². The van der Waals surface area contributed by atoms with Gasteiger partial charge in [-0.2, -0.15) is 0 Å². The Bertz CT molecular complexity index is 2030. The fraction of sp³-hybridized carbons (Fsp3) is 0.280. The van der Waals surface area contributed by atoms with Crippen molar-refractivity contribution < 1.29 is 0 Å². The van der Waals surface area contributed by atoms with Crippen LogP contribution in [0.5, 0.6) is 0 Å². The standard InChI is InChI=1S/C50H54N4/c1-49(2,3)39-25-29-41(30-26-39)53-35-51(45-23-15-21-43(47(45)53)37-17-9-7-10-18-37)33-13-14-34-52-36-54(42-31-27-40(28-32-42)50(4,5)6)48-44(22-16-24-46(48)52)38-19-11-8-12-20-38/h7-12,15-32H,13-14,33-36H2,1-6H3. The summed E-state index contributed by atoms with van der Waals surface area (Å²) in [5.74, 6) is 0. The van der Waals surface area contributed by atoms with Gasteiger partial charge in [0.2, 0.25) is 0 Å². The molecule has 2 aliphatic rings. The molecule has 0 saturated carbocycles. The molecule has 6 aromatic carbocycles. The highest BCUT2D eigenvalue weighted by atomic mass is 15.4. The van der Waals surface area contributed by atoms with E-state index in [1.807, 2.05) is 0 Å². The van der Waals surface area contributed by atoms with Crippen LogP contribution in [0.4, 0.5) is 34.1 Å². The van der Waals surface area contributed by atoms with Gasteiger partial charge in [0.15, 0.2) is 0 Å². The molecule has 0 unspecified atom stereocenters. The second-order valence-corrected chi connectivity index (χ2v) is 17.0. The predicted octanol–water partition coefficient (Wildman–Crippen LogP) is 12.9. The minimum Gasteiger partial charge on any atom is -0.352 e. The molecule has 0 aromatic heterocycles. The molecule has 0 spiro atoms. The van der Waals surface area contributed by atoms with E-state index in [1.54, 1.807) is 0 Å². The summed E-state index contributed by atoms with van der Waals surface area (Å²) in [4.78, 5) is 10.2. The Balaban J connectivity index is 1.04. The maximum Gasteiger partial charge on any atom is 0.0953 e. The zero-order valence-corrected chi connectivity index (χ0v) is 32.9. The molecular formula is C50H54N4. The molecule has 54 heavy (non-hydrogen) atoms. The highest BCUT2D eigenvalue weighted by Crippen LogP contribution is 2.49. The van der Waals surface area contributed by atoms with Crippen LogP contribution in [0.25, 0.3) is 22.3 Å². The Morgan fingerprint density at radius 2 is 0.778 bits per heavy atom. The van der Waals surface area contributed by atoms with Gasteiger partial charge in [0.25, 0.3) is 0 Å². The lowest BCUT2D eigenvalue weighted by Crippen LogP contribution is -2.31. The number of benzene rings is 6. The highest BCUT2D eigenvalue weighted by Gasteiger charge is 2.32. The molecule has 2 aliphatic heterocycles. The van der Waals surface area contributed by atoms with E-state index in [0.29, 0.717) is 0 Å². The molecule has 0 amide bonds. The number of hydrogen-bond donors (Lipinski definition) is 0. The Morgan fingerprint density at radius 1 is 0.407 bits per heavy atom. The summed E-state index contributed by atoms with van der Waals surface area (Å²) in [6, 6.07) is 53.9. The molecule has 0 radical (unpaired) electrons. The zero-order chi connectivity index (χ0) is 37.5. The topological polar surface area (TPSA) is 13.0 Å². The van der Waals surface area contributed by atoms with Crippen molar-refractivity contribution in [2.75, 3.05) is 46.0 Å². The highest BCUT2D eigenvalue weighted by molar-refractivity contribution is 5.95. The summed E-state index contributed by atoms with van der Waals surface area (Å²) in [5, 5.41) is 0. The Hall–Kier alpha value is -5.48. The summed E-state index contributed by atoms with van der Waals surface area (Å²) in [6.07, 6.45) is 2.21. The molecule has 0 aliphatic carbocycles. The SMILES string of the molecule is CC(C)(C)c1ccc(N2CN(CCCCN3CN(c4ccc(C(C)(C)C)cc4)c4c(-c5ccccc5)cccc43)c3cccc(-c4ccccc4)c32)cc1. The minimum atomic E-state index is 0.121. The van der Waals surface area contributed by atoms with Gasteiger partial charge in [-0.3, -0.25) is 0 Å². The van der Waals surface area contributed by atoms with Gasteiger partial charge in [-0.25, -0.2) is 0 Å². The van der Waals surface area contributed by atoms with Gasteiger partial charge in [-0.05, 0) is 82.3 Å². The van der Waals surface area contributed by atoms with Gasteiger partial charge in [0.1, 0.15) is 0 Å². The zero-order valence-electron chi connectivity index (χ0n) is 32.9. The van der Waals surface area contributed by atoms with E-state index in [0.717, 1.165) is 39.3 Å². The summed E-state index contributed by atoms with van der Waals surface area (Å²) in [6.45, 7) is 17.4. The van der Waals surface area contributed by atoms with Crippen LogP contribution in [0.2, 0.25) is 0 Å². The summed E-state index contributed by atoms with van der Waals surface area (Å²) >= 11 is 0. The summed E-state index contributed by atoms with van der Waals surface area (Å²) < 4.78 is 0. The van der Waals surface area contributed by atoms with Crippen molar-refractivity contribution in [1.29, 1.82) is 0 Å². The van der Waals surface area contributed by atoms with Gasteiger partial charge in [0.05, 0.1) is 36.1 Å². The monoisotopic (exact) mass is 710 g/mol. The Morgan fingerprint density at radius 3 is 1.13 bits per heavy atom. The first-order valence-corrected chi connectivity index (χ1v) is 19.7. The number of para-hydroxylation sites is 2. The molecular weight excluding hydrogens is 657 g/mol. The van der Waals surface area contributed by atoms with E-state index in [4.69, 9.17) is 0 Å². The number of fused-ring (bicyclic) bond motifs is 2. The average Bonchev–Trinajstić information content (AvgIpc) is 3.75. The molecule has 6 aromatic rings. The number of rotatable bonds is 9. The van der Waals surface area contributed by atoms with Crippen molar-refractivity contribution >= 4 is 34.1 Å². The second-order valence-electron chi connectivity index (χ2n) is 17.0. The molecule has 8 rings (SSSR count). The normalized spacial score (nSPS) is 14.1. The molecule has 0 bridgehead atoms. The van der Waals surface area contributed by atoms with E-state index in [9.17, 15) is 0 Å². The largest absolute Gasteiger partial charge is 0.352 e. The molecule has 274 valence electrons. The van der Waals surface area contributed by atoms with E-state index in [-0.39, 0.29) is 10.8 Å². The van der Waals surface area contributed by atoms with E-state index >= 15 is 0 Å². The lowest BCUT2D eigenvalue weighted by atomic mass is 9.87. The fourth-order valence-electron chi connectivity index (χ4n) is 8.17. The van der Waals surface area contributed by atoms with Crippen LogP contribution in [-0.2, 0) is 10.8 Å². The predicted molar refractivity (Wildman–Crippen MR) is 232 cm³/mol. The number of hydrogen-bond acceptors (Lipinski definition) is 4. The van der Waals surface area contributed by atoms with Crippen LogP contribution < -0.4 is 19.6 Å². The summed E-state index contributed by atoms with van der Waals surface area (Å²) in [5.41, 5.74) is 15.8. The van der Waals surface area contributed by atoms with Crippen molar-refractivity contribution in [2.45, 2.75) is 65.2 Å². The maximum absolute atomic E-state index is 2.59. The fourth-order valence-corrected chi connectivity index (χ4v) is 8.17.